The number of pyridine rings is 2. The number of anilines is 1. The number of nitrogens with one attached hydrogen (secondary N) is 2. The fourth-order valence-electron chi connectivity index (χ4n) is 2.41. The summed E-state index contributed by atoms with van der Waals surface area (Å²) >= 11 is 0. The number of furan rings is 1. The molecule has 0 atom stereocenters. The van der Waals surface area contributed by atoms with Crippen molar-refractivity contribution in [2.75, 3.05) is 5.32 Å². The molecule has 0 aliphatic carbocycles. The largest absolute Gasteiger partial charge is 0.472 e. The van der Waals surface area contributed by atoms with E-state index in [2.05, 4.69) is 20.3 Å². The Labute approximate surface area is 131 Å². The van der Waals surface area contributed by atoms with Gasteiger partial charge in [0.1, 0.15) is 11.5 Å². The minimum absolute atomic E-state index is 0.252. The fraction of sp³-hybridized carbons (Fsp3) is 0. The fourth-order valence-corrected chi connectivity index (χ4v) is 2.41. The van der Waals surface area contributed by atoms with Gasteiger partial charge in [0.2, 0.25) is 0 Å². The van der Waals surface area contributed by atoms with Crippen LogP contribution in [0.15, 0.2) is 65.9 Å². The average Bonchev–Trinajstić information content (AvgIpc) is 3.24. The number of aromatic nitrogens is 3. The number of carbonyl (C=O) groups excluding carboxylic acids is 1. The molecule has 0 aromatic carbocycles. The van der Waals surface area contributed by atoms with Crippen LogP contribution in [-0.2, 0) is 0 Å². The second-order valence-electron chi connectivity index (χ2n) is 5.00. The number of rotatable bonds is 3. The van der Waals surface area contributed by atoms with E-state index in [9.17, 15) is 4.79 Å². The first-order chi connectivity index (χ1) is 11.3. The van der Waals surface area contributed by atoms with Crippen molar-refractivity contribution in [3.8, 4) is 11.1 Å². The molecule has 6 heteroatoms. The predicted octanol–water partition coefficient (Wildman–Crippen LogP) is 3.47. The Morgan fingerprint density at radius 1 is 1.22 bits per heavy atom. The van der Waals surface area contributed by atoms with Crippen molar-refractivity contribution in [3.63, 3.8) is 0 Å². The van der Waals surface area contributed by atoms with Crippen molar-refractivity contribution in [3.05, 3.63) is 67.0 Å². The van der Waals surface area contributed by atoms with Crippen LogP contribution >= 0.6 is 0 Å². The zero-order valence-electron chi connectivity index (χ0n) is 12.0. The zero-order chi connectivity index (χ0) is 15.6. The Kier molecular flexibility index (Phi) is 3.12. The molecule has 0 spiro atoms. The summed E-state index contributed by atoms with van der Waals surface area (Å²) in [5, 5.41) is 3.61. The summed E-state index contributed by atoms with van der Waals surface area (Å²) in [5.41, 5.74) is 3.05. The summed E-state index contributed by atoms with van der Waals surface area (Å²) in [4.78, 5) is 23.8. The second kappa shape index (κ2) is 5.42. The van der Waals surface area contributed by atoms with Crippen molar-refractivity contribution in [1.82, 2.24) is 15.0 Å². The van der Waals surface area contributed by atoms with Crippen molar-refractivity contribution in [2.45, 2.75) is 0 Å². The van der Waals surface area contributed by atoms with Crippen LogP contribution in [0.2, 0.25) is 0 Å². The van der Waals surface area contributed by atoms with Crippen molar-refractivity contribution in [2.24, 2.45) is 0 Å². The smallest absolute Gasteiger partial charge is 0.258 e. The van der Waals surface area contributed by atoms with Crippen molar-refractivity contribution in [1.29, 1.82) is 0 Å². The first kappa shape index (κ1) is 13.3. The van der Waals surface area contributed by atoms with Crippen LogP contribution in [0.4, 0.5) is 5.82 Å². The standard InChI is InChI=1S/C17H12N4O2/c22-17(21-15-3-1-2-5-18-15)12-7-13-14(11-4-6-23-10-11)9-20-16(13)19-8-12/h1-10H,(H,19,20)(H,18,21,22). The highest BCUT2D eigenvalue weighted by molar-refractivity contribution is 6.06. The van der Waals surface area contributed by atoms with Gasteiger partial charge in [-0.05, 0) is 24.3 Å². The van der Waals surface area contributed by atoms with E-state index in [-0.39, 0.29) is 5.91 Å². The van der Waals surface area contributed by atoms with E-state index in [1.807, 2.05) is 18.3 Å². The Morgan fingerprint density at radius 2 is 2.17 bits per heavy atom. The molecule has 23 heavy (non-hydrogen) atoms. The number of carbonyl (C=O) groups is 1. The van der Waals surface area contributed by atoms with E-state index in [1.54, 1.807) is 36.9 Å². The highest BCUT2D eigenvalue weighted by atomic mass is 16.3. The van der Waals surface area contributed by atoms with Gasteiger partial charge in [-0.15, -0.1) is 0 Å². The average molecular weight is 304 g/mol. The molecular formula is C17H12N4O2. The van der Waals surface area contributed by atoms with Crippen molar-refractivity contribution >= 4 is 22.8 Å². The highest BCUT2D eigenvalue weighted by Crippen LogP contribution is 2.28. The van der Waals surface area contributed by atoms with E-state index in [4.69, 9.17) is 4.42 Å². The molecule has 0 radical (unpaired) electrons. The molecule has 4 aromatic heterocycles. The number of amides is 1. The van der Waals surface area contributed by atoms with Gasteiger partial charge in [-0.3, -0.25) is 4.79 Å². The molecule has 0 saturated carbocycles. The maximum atomic E-state index is 12.4. The summed E-state index contributed by atoms with van der Waals surface area (Å²) in [6, 6.07) is 9.01. The third-order valence-electron chi connectivity index (χ3n) is 3.53. The molecular weight excluding hydrogens is 292 g/mol. The quantitative estimate of drug-likeness (QED) is 0.607. The lowest BCUT2D eigenvalue weighted by Gasteiger charge is -2.04. The van der Waals surface area contributed by atoms with E-state index in [0.29, 0.717) is 11.4 Å². The first-order valence-electron chi connectivity index (χ1n) is 7.03. The second-order valence-corrected chi connectivity index (χ2v) is 5.00. The maximum absolute atomic E-state index is 12.4. The minimum atomic E-state index is -0.252. The van der Waals surface area contributed by atoms with Crippen LogP contribution in [0.25, 0.3) is 22.2 Å². The number of hydrogen-bond donors (Lipinski definition) is 2. The van der Waals surface area contributed by atoms with Crippen LogP contribution in [0.1, 0.15) is 10.4 Å². The Bertz CT molecular complexity index is 959. The first-order valence-corrected chi connectivity index (χ1v) is 7.03. The van der Waals surface area contributed by atoms with Gasteiger partial charge < -0.3 is 14.7 Å². The number of aromatic amines is 1. The van der Waals surface area contributed by atoms with Crippen molar-refractivity contribution < 1.29 is 9.21 Å². The topological polar surface area (TPSA) is 83.8 Å². The molecule has 6 nitrogen and oxygen atoms in total. The lowest BCUT2D eigenvalue weighted by atomic mass is 10.1. The van der Waals surface area contributed by atoms with Gasteiger partial charge in [-0.2, -0.15) is 0 Å². The van der Waals surface area contributed by atoms with Crippen LogP contribution in [0, 0.1) is 0 Å². The number of H-pyrrole nitrogens is 1. The molecule has 0 bridgehead atoms. The van der Waals surface area contributed by atoms with E-state index in [0.717, 1.165) is 22.2 Å². The van der Waals surface area contributed by atoms with Gasteiger partial charge in [0.15, 0.2) is 0 Å². The van der Waals surface area contributed by atoms with Gasteiger partial charge in [-0.1, -0.05) is 6.07 Å². The monoisotopic (exact) mass is 304 g/mol. The lowest BCUT2D eigenvalue weighted by molar-refractivity contribution is 0.102. The Hall–Kier alpha value is -3.41. The SMILES string of the molecule is O=C(Nc1ccccn1)c1cnc2[nH]cc(-c3ccoc3)c2c1. The van der Waals surface area contributed by atoms with E-state index < -0.39 is 0 Å². The summed E-state index contributed by atoms with van der Waals surface area (Å²) in [7, 11) is 0. The third-order valence-corrected chi connectivity index (χ3v) is 3.53. The molecule has 0 saturated heterocycles. The van der Waals surface area contributed by atoms with Gasteiger partial charge in [0.25, 0.3) is 5.91 Å². The maximum Gasteiger partial charge on any atom is 0.258 e. The van der Waals surface area contributed by atoms with Gasteiger partial charge in [0.05, 0.1) is 18.1 Å². The zero-order valence-corrected chi connectivity index (χ0v) is 12.0. The molecule has 4 rings (SSSR count). The normalized spacial score (nSPS) is 10.8. The third kappa shape index (κ3) is 2.46. The van der Waals surface area contributed by atoms with Crippen LogP contribution in [0.3, 0.4) is 0 Å². The number of hydrogen-bond acceptors (Lipinski definition) is 4. The number of fused-ring (bicyclic) bond motifs is 1. The highest BCUT2D eigenvalue weighted by Gasteiger charge is 2.13. The molecule has 112 valence electrons. The summed E-state index contributed by atoms with van der Waals surface area (Å²) in [6.45, 7) is 0. The molecule has 4 heterocycles. The van der Waals surface area contributed by atoms with Gasteiger partial charge >= 0.3 is 0 Å². The minimum Gasteiger partial charge on any atom is -0.472 e. The molecule has 0 unspecified atom stereocenters. The van der Waals surface area contributed by atoms with Gasteiger partial charge in [0, 0.05) is 35.1 Å². The lowest BCUT2D eigenvalue weighted by Crippen LogP contribution is -2.13. The van der Waals surface area contributed by atoms with E-state index in [1.165, 1.54) is 6.20 Å². The van der Waals surface area contributed by atoms with Crippen LogP contribution < -0.4 is 5.32 Å². The summed E-state index contributed by atoms with van der Waals surface area (Å²) in [6.07, 6.45) is 8.28. The number of nitrogens with zero attached hydrogens (tertiary/aromatic N) is 2. The van der Waals surface area contributed by atoms with Crippen LogP contribution in [0.5, 0.6) is 0 Å². The molecule has 1 amide bonds. The Balaban J connectivity index is 1.71. The summed E-state index contributed by atoms with van der Waals surface area (Å²) < 4.78 is 5.12. The van der Waals surface area contributed by atoms with Gasteiger partial charge in [-0.25, -0.2) is 9.97 Å². The molecule has 2 N–H and O–H groups in total. The van der Waals surface area contributed by atoms with Crippen LogP contribution in [-0.4, -0.2) is 20.9 Å². The predicted molar refractivity (Wildman–Crippen MR) is 86.0 cm³/mol. The Morgan fingerprint density at radius 3 is 2.96 bits per heavy atom. The molecule has 0 aliphatic rings. The molecule has 0 aliphatic heterocycles. The summed E-state index contributed by atoms with van der Waals surface area (Å²) in [5.74, 6) is 0.249. The van der Waals surface area contributed by atoms with E-state index >= 15 is 0 Å². The molecule has 0 fully saturated rings. The molecule has 4 aromatic rings.